The highest BCUT2D eigenvalue weighted by molar-refractivity contribution is 5.43. The number of ether oxygens (including phenoxy) is 2. The number of rotatable bonds is 4. The number of hydrogen-bond donors (Lipinski definition) is 0. The van der Waals surface area contributed by atoms with Gasteiger partial charge in [-0.25, -0.2) is 9.18 Å². The molecule has 0 amide bonds. The first-order chi connectivity index (χ1) is 7.22. The van der Waals surface area contributed by atoms with Gasteiger partial charge in [-0.15, -0.1) is 0 Å². The number of carbonyl (C=O) groups excluding carboxylic acids is 1. The van der Waals surface area contributed by atoms with Gasteiger partial charge in [-0.2, -0.15) is 4.99 Å². The highest BCUT2D eigenvalue weighted by Gasteiger charge is 2.14. The lowest BCUT2D eigenvalue weighted by Gasteiger charge is -2.10. The van der Waals surface area contributed by atoms with E-state index in [1.807, 2.05) is 0 Å². The number of alkyl halides is 1. The average molecular weight is 211 g/mol. The van der Waals surface area contributed by atoms with Crippen LogP contribution in [0.25, 0.3) is 0 Å². The van der Waals surface area contributed by atoms with E-state index in [1.165, 1.54) is 20.3 Å². The molecule has 0 aliphatic heterocycles. The van der Waals surface area contributed by atoms with Gasteiger partial charge in [-0.3, -0.25) is 0 Å². The van der Waals surface area contributed by atoms with Gasteiger partial charge in [0, 0.05) is 0 Å². The first-order valence-electron chi connectivity index (χ1n) is 4.16. The molecule has 15 heavy (non-hydrogen) atoms. The third-order valence-electron chi connectivity index (χ3n) is 1.86. The van der Waals surface area contributed by atoms with Gasteiger partial charge in [0.15, 0.2) is 0 Å². The summed E-state index contributed by atoms with van der Waals surface area (Å²) in [6.45, 7) is 0. The Labute approximate surface area is 86.3 Å². The van der Waals surface area contributed by atoms with Gasteiger partial charge < -0.3 is 9.47 Å². The molecule has 0 aliphatic carbocycles. The normalized spacial score (nSPS) is 11.4. The fourth-order valence-electron chi connectivity index (χ4n) is 1.14. The van der Waals surface area contributed by atoms with Crippen LogP contribution in [0.15, 0.2) is 23.2 Å². The molecule has 0 radical (unpaired) electrons. The van der Waals surface area contributed by atoms with E-state index in [0.717, 1.165) is 6.08 Å². The second-order valence-corrected chi connectivity index (χ2v) is 2.66. The summed E-state index contributed by atoms with van der Waals surface area (Å²) < 4.78 is 23.2. The van der Waals surface area contributed by atoms with E-state index < -0.39 is 6.30 Å². The maximum Gasteiger partial charge on any atom is 0.238 e. The Morgan fingerprint density at radius 1 is 1.40 bits per heavy atom. The molecule has 1 atom stereocenters. The van der Waals surface area contributed by atoms with Crippen LogP contribution in [0, 0.1) is 0 Å². The average Bonchev–Trinajstić information content (AvgIpc) is 2.28. The lowest BCUT2D eigenvalue weighted by molar-refractivity contribution is 0.331. The summed E-state index contributed by atoms with van der Waals surface area (Å²) in [6, 6.07) is 4.59. The minimum atomic E-state index is -1.78. The third kappa shape index (κ3) is 2.54. The fourth-order valence-corrected chi connectivity index (χ4v) is 1.14. The van der Waals surface area contributed by atoms with Crippen LogP contribution in [0.3, 0.4) is 0 Å². The minimum absolute atomic E-state index is 0.139. The van der Waals surface area contributed by atoms with Crippen molar-refractivity contribution in [2.24, 2.45) is 4.99 Å². The first-order valence-corrected chi connectivity index (χ1v) is 4.16. The number of hydrogen-bond acceptors (Lipinski definition) is 4. The molecule has 80 valence electrons. The molecule has 5 heteroatoms. The van der Waals surface area contributed by atoms with Crippen molar-refractivity contribution in [3.63, 3.8) is 0 Å². The molecule has 1 aromatic rings. The summed E-state index contributed by atoms with van der Waals surface area (Å²) in [5.41, 5.74) is 0.139. The van der Waals surface area contributed by atoms with Gasteiger partial charge in [-0.05, 0) is 18.2 Å². The van der Waals surface area contributed by atoms with E-state index in [0.29, 0.717) is 11.5 Å². The standard InChI is InChI=1S/C10H10FNO3/c1-14-7-3-4-9(15-2)8(5-7)10(11)12-6-13/h3-5,10H,1-2H3. The minimum Gasteiger partial charge on any atom is -0.497 e. The molecule has 0 saturated heterocycles. The second kappa shape index (κ2) is 5.12. The van der Waals surface area contributed by atoms with Crippen molar-refractivity contribution in [2.75, 3.05) is 14.2 Å². The number of aliphatic imine (C=N–C) groups is 1. The van der Waals surface area contributed by atoms with Gasteiger partial charge in [0.1, 0.15) is 11.5 Å². The Hall–Kier alpha value is -1.87. The van der Waals surface area contributed by atoms with Crippen molar-refractivity contribution >= 4 is 6.08 Å². The Bertz CT molecular complexity index is 388. The molecule has 0 aromatic heterocycles. The van der Waals surface area contributed by atoms with Crippen LogP contribution >= 0.6 is 0 Å². The van der Waals surface area contributed by atoms with E-state index in [-0.39, 0.29) is 5.56 Å². The van der Waals surface area contributed by atoms with Gasteiger partial charge >= 0.3 is 0 Å². The van der Waals surface area contributed by atoms with E-state index in [9.17, 15) is 9.18 Å². The number of benzene rings is 1. The predicted octanol–water partition coefficient (Wildman–Crippen LogP) is 2.01. The Kier molecular flexibility index (Phi) is 3.83. The highest BCUT2D eigenvalue weighted by atomic mass is 19.1. The van der Waals surface area contributed by atoms with Crippen molar-refractivity contribution in [3.8, 4) is 11.5 Å². The maximum atomic E-state index is 13.3. The van der Waals surface area contributed by atoms with Crippen LogP contribution in [0.5, 0.6) is 11.5 Å². The van der Waals surface area contributed by atoms with Crippen molar-refractivity contribution in [1.29, 1.82) is 0 Å². The van der Waals surface area contributed by atoms with Crippen molar-refractivity contribution < 1.29 is 18.7 Å². The number of isocyanates is 1. The van der Waals surface area contributed by atoms with E-state index in [1.54, 1.807) is 12.1 Å². The molecule has 0 saturated carbocycles. The Morgan fingerprint density at radius 3 is 2.67 bits per heavy atom. The second-order valence-electron chi connectivity index (χ2n) is 2.66. The summed E-state index contributed by atoms with van der Waals surface area (Å²) in [5.74, 6) is 0.775. The SMILES string of the molecule is COc1ccc(OC)c(C(F)N=C=O)c1. The summed E-state index contributed by atoms with van der Waals surface area (Å²) >= 11 is 0. The van der Waals surface area contributed by atoms with E-state index in [2.05, 4.69) is 4.99 Å². The molecule has 0 bridgehead atoms. The number of nitrogens with zero attached hydrogens (tertiary/aromatic N) is 1. The smallest absolute Gasteiger partial charge is 0.238 e. The van der Waals surface area contributed by atoms with Crippen LogP contribution < -0.4 is 9.47 Å². The van der Waals surface area contributed by atoms with Crippen LogP contribution in [0.1, 0.15) is 11.9 Å². The lowest BCUT2D eigenvalue weighted by Crippen LogP contribution is -1.95. The van der Waals surface area contributed by atoms with Gasteiger partial charge in [0.2, 0.25) is 12.4 Å². The highest BCUT2D eigenvalue weighted by Crippen LogP contribution is 2.31. The number of halogens is 1. The van der Waals surface area contributed by atoms with Gasteiger partial charge in [0.25, 0.3) is 0 Å². The van der Waals surface area contributed by atoms with Crippen molar-refractivity contribution in [2.45, 2.75) is 6.30 Å². The molecule has 1 rings (SSSR count). The summed E-state index contributed by atoms with van der Waals surface area (Å²) in [6.07, 6.45) is -0.626. The molecule has 0 heterocycles. The molecule has 1 aromatic carbocycles. The maximum absolute atomic E-state index is 13.3. The zero-order valence-electron chi connectivity index (χ0n) is 8.36. The molecule has 0 N–H and O–H groups in total. The van der Waals surface area contributed by atoms with Crippen LogP contribution in [0.4, 0.5) is 4.39 Å². The van der Waals surface area contributed by atoms with Gasteiger partial charge in [-0.1, -0.05) is 0 Å². The molecular formula is C10H10FNO3. The zero-order chi connectivity index (χ0) is 11.3. The predicted molar refractivity (Wildman–Crippen MR) is 51.5 cm³/mol. The molecule has 0 spiro atoms. The summed E-state index contributed by atoms with van der Waals surface area (Å²) in [7, 11) is 2.87. The van der Waals surface area contributed by atoms with E-state index in [4.69, 9.17) is 9.47 Å². The lowest BCUT2D eigenvalue weighted by atomic mass is 10.2. The Morgan fingerprint density at radius 2 is 2.13 bits per heavy atom. The first kappa shape index (κ1) is 11.2. The Balaban J connectivity index is 3.16. The topological polar surface area (TPSA) is 47.9 Å². The molecule has 4 nitrogen and oxygen atoms in total. The van der Waals surface area contributed by atoms with Gasteiger partial charge in [0.05, 0.1) is 19.8 Å². The fraction of sp³-hybridized carbons (Fsp3) is 0.300. The van der Waals surface area contributed by atoms with Crippen molar-refractivity contribution in [3.05, 3.63) is 23.8 Å². The molecule has 0 fully saturated rings. The van der Waals surface area contributed by atoms with Crippen LogP contribution in [-0.2, 0) is 4.79 Å². The third-order valence-corrected chi connectivity index (χ3v) is 1.86. The van der Waals surface area contributed by atoms with Crippen LogP contribution in [0.2, 0.25) is 0 Å². The monoisotopic (exact) mass is 211 g/mol. The summed E-state index contributed by atoms with van der Waals surface area (Å²) in [5, 5.41) is 0. The molecule has 0 aliphatic rings. The number of methoxy groups -OCH3 is 2. The largest absolute Gasteiger partial charge is 0.497 e. The van der Waals surface area contributed by atoms with Crippen molar-refractivity contribution in [1.82, 2.24) is 0 Å². The van der Waals surface area contributed by atoms with Crippen LogP contribution in [-0.4, -0.2) is 20.3 Å². The summed E-state index contributed by atoms with van der Waals surface area (Å²) in [4.78, 5) is 12.9. The quantitative estimate of drug-likeness (QED) is 0.435. The zero-order valence-corrected chi connectivity index (χ0v) is 8.36. The molecular weight excluding hydrogens is 201 g/mol. The molecule has 1 unspecified atom stereocenters. The van der Waals surface area contributed by atoms with E-state index >= 15 is 0 Å².